The number of fused-ring (bicyclic) bond motifs is 1. The van der Waals surface area contributed by atoms with Crippen LogP contribution in [0, 0.1) is 18.3 Å². The molecule has 0 aliphatic heterocycles. The lowest BCUT2D eigenvalue weighted by molar-refractivity contribution is 0.0989. The Morgan fingerprint density at radius 2 is 1.94 bits per heavy atom. The van der Waals surface area contributed by atoms with Crippen molar-refractivity contribution in [3.8, 4) is 17.2 Å². The number of pyridine rings is 1. The monoisotopic (exact) mass is 432 g/mol. The fourth-order valence-electron chi connectivity index (χ4n) is 3.83. The van der Waals surface area contributed by atoms with Gasteiger partial charge in [-0.1, -0.05) is 24.3 Å². The summed E-state index contributed by atoms with van der Waals surface area (Å²) in [6.45, 7) is 2.49. The zero-order chi connectivity index (χ0) is 22.8. The van der Waals surface area contributed by atoms with Gasteiger partial charge in [0.1, 0.15) is 5.69 Å². The number of carbonyl (C=O) groups excluding carboxylic acids is 1. The molecule has 0 aliphatic rings. The molecule has 0 unspecified atom stereocenters. The maximum absolute atomic E-state index is 13.0. The van der Waals surface area contributed by atoms with Crippen LogP contribution in [-0.4, -0.2) is 30.7 Å². The van der Waals surface area contributed by atoms with Crippen LogP contribution in [-0.2, 0) is 13.0 Å². The summed E-state index contributed by atoms with van der Waals surface area (Å²) in [5.74, 6) is -0.0722. The number of benzene rings is 2. The number of nitrogens with zero attached hydrogens (tertiary/aromatic N) is 5. The summed E-state index contributed by atoms with van der Waals surface area (Å²) in [6.07, 6.45) is 5.60. The minimum atomic E-state index is -0.0722. The molecule has 33 heavy (non-hydrogen) atoms. The molecule has 0 saturated heterocycles. The zero-order valence-corrected chi connectivity index (χ0v) is 18.0. The largest absolute Gasteiger partial charge is 0.292 e. The molecule has 7 nitrogen and oxygen atoms in total. The molecule has 5 rings (SSSR count). The number of Topliss-reactive ketones (excluding diaryl/α,β-unsaturated/α-hetero) is 1. The van der Waals surface area contributed by atoms with Crippen LogP contribution in [0.15, 0.2) is 73.2 Å². The van der Waals surface area contributed by atoms with Gasteiger partial charge in [0.2, 0.25) is 0 Å². The Labute approximate surface area is 190 Å². The third kappa shape index (κ3) is 4.27. The van der Waals surface area contributed by atoms with Gasteiger partial charge >= 0.3 is 0 Å². The molecule has 0 fully saturated rings. The summed E-state index contributed by atoms with van der Waals surface area (Å²) < 4.78 is 1.77. The molecule has 0 radical (unpaired) electrons. The van der Waals surface area contributed by atoms with Crippen molar-refractivity contribution in [2.75, 3.05) is 0 Å². The zero-order valence-electron chi connectivity index (χ0n) is 18.0. The number of aryl methyl sites for hydroxylation is 1. The van der Waals surface area contributed by atoms with Crippen molar-refractivity contribution in [1.82, 2.24) is 25.0 Å². The molecule has 0 bridgehead atoms. The van der Waals surface area contributed by atoms with Gasteiger partial charge in [-0.05, 0) is 53.9 Å². The second kappa shape index (κ2) is 8.52. The van der Waals surface area contributed by atoms with Gasteiger partial charge in [0, 0.05) is 35.5 Å². The fraction of sp³-hybridized carbons (Fsp3) is 0.115. The Bertz CT molecular complexity index is 1500. The van der Waals surface area contributed by atoms with E-state index < -0.39 is 0 Å². The van der Waals surface area contributed by atoms with Crippen LogP contribution in [0.3, 0.4) is 0 Å². The van der Waals surface area contributed by atoms with Gasteiger partial charge in [0.05, 0.1) is 29.9 Å². The summed E-state index contributed by atoms with van der Waals surface area (Å²) in [5, 5.41) is 21.5. The molecule has 0 saturated carbocycles. The second-order valence-corrected chi connectivity index (χ2v) is 7.98. The van der Waals surface area contributed by atoms with Gasteiger partial charge in [0.25, 0.3) is 0 Å². The highest BCUT2D eigenvalue weighted by atomic mass is 16.1. The van der Waals surface area contributed by atoms with Gasteiger partial charge in [-0.3, -0.25) is 19.6 Å². The lowest BCUT2D eigenvalue weighted by atomic mass is 10.0. The first-order valence-corrected chi connectivity index (χ1v) is 10.5. The van der Waals surface area contributed by atoms with E-state index in [0.717, 1.165) is 38.9 Å². The van der Waals surface area contributed by atoms with E-state index in [1.165, 1.54) is 0 Å². The molecule has 5 aromatic rings. The Kier molecular flexibility index (Phi) is 5.25. The van der Waals surface area contributed by atoms with Crippen molar-refractivity contribution in [3.63, 3.8) is 0 Å². The van der Waals surface area contributed by atoms with Crippen molar-refractivity contribution in [3.05, 3.63) is 101 Å². The number of hydrogen-bond donors (Lipinski definition) is 1. The van der Waals surface area contributed by atoms with E-state index in [9.17, 15) is 4.79 Å². The summed E-state index contributed by atoms with van der Waals surface area (Å²) in [6, 6.07) is 19.4. The minimum Gasteiger partial charge on any atom is -0.292 e. The minimum absolute atomic E-state index is 0.0722. The molecule has 2 aromatic carbocycles. The van der Waals surface area contributed by atoms with Crippen LogP contribution < -0.4 is 0 Å². The van der Waals surface area contributed by atoms with Crippen LogP contribution in [0.4, 0.5) is 0 Å². The highest BCUT2D eigenvalue weighted by Gasteiger charge is 2.16. The molecular weight excluding hydrogens is 412 g/mol. The highest BCUT2D eigenvalue weighted by Crippen LogP contribution is 2.25. The number of rotatable bonds is 6. The van der Waals surface area contributed by atoms with E-state index in [0.29, 0.717) is 17.8 Å². The first kappa shape index (κ1) is 20.3. The van der Waals surface area contributed by atoms with Crippen LogP contribution in [0.5, 0.6) is 0 Å². The van der Waals surface area contributed by atoms with Crippen molar-refractivity contribution < 1.29 is 4.79 Å². The van der Waals surface area contributed by atoms with Crippen molar-refractivity contribution >= 4 is 16.7 Å². The van der Waals surface area contributed by atoms with Crippen LogP contribution in [0.1, 0.15) is 32.9 Å². The van der Waals surface area contributed by atoms with Gasteiger partial charge < -0.3 is 0 Å². The molecule has 3 aromatic heterocycles. The topological polar surface area (TPSA) is 100 Å². The van der Waals surface area contributed by atoms with Gasteiger partial charge in [-0.25, -0.2) is 0 Å². The smallest absolute Gasteiger partial charge is 0.188 e. The van der Waals surface area contributed by atoms with E-state index in [4.69, 9.17) is 5.26 Å². The van der Waals surface area contributed by atoms with Crippen LogP contribution >= 0.6 is 0 Å². The molecule has 0 amide bonds. The van der Waals surface area contributed by atoms with Gasteiger partial charge in [-0.2, -0.15) is 15.5 Å². The highest BCUT2D eigenvalue weighted by molar-refractivity contribution is 6.07. The number of aromatic amines is 1. The standard InChI is InChI=1S/C26H20N6O/c1-17-5-6-22(14-28-17)21-7-8-23-24(11-21)30-31-26(23)25(33)10-20-13-29-32(16-20)15-19-4-2-3-18(9-19)12-27/h2-9,11,13-14,16H,10,15H2,1H3,(H,30,31). The summed E-state index contributed by atoms with van der Waals surface area (Å²) >= 11 is 0. The molecule has 7 heteroatoms. The van der Waals surface area contributed by atoms with Crippen LogP contribution in [0.25, 0.3) is 22.0 Å². The average molecular weight is 432 g/mol. The summed E-state index contributed by atoms with van der Waals surface area (Å²) in [7, 11) is 0. The molecule has 0 spiro atoms. The molecule has 0 aliphatic carbocycles. The van der Waals surface area contributed by atoms with Gasteiger partial charge in [-0.15, -0.1) is 0 Å². The Hall–Kier alpha value is -4.57. The lowest BCUT2D eigenvalue weighted by Gasteiger charge is -2.03. The van der Waals surface area contributed by atoms with Crippen molar-refractivity contribution in [1.29, 1.82) is 5.26 Å². The number of nitrogens with one attached hydrogen (secondary N) is 1. The first-order valence-electron chi connectivity index (χ1n) is 10.5. The quantitative estimate of drug-likeness (QED) is 0.399. The van der Waals surface area contributed by atoms with Crippen LogP contribution in [0.2, 0.25) is 0 Å². The number of nitriles is 1. The number of ketones is 1. The predicted molar refractivity (Wildman–Crippen MR) is 125 cm³/mol. The Morgan fingerprint density at radius 3 is 2.76 bits per heavy atom. The maximum Gasteiger partial charge on any atom is 0.188 e. The summed E-state index contributed by atoms with van der Waals surface area (Å²) in [4.78, 5) is 17.3. The van der Waals surface area contributed by atoms with E-state index in [2.05, 4.69) is 26.3 Å². The van der Waals surface area contributed by atoms with Gasteiger partial charge in [0.15, 0.2) is 5.78 Å². The third-order valence-electron chi connectivity index (χ3n) is 5.52. The second-order valence-electron chi connectivity index (χ2n) is 7.98. The van der Waals surface area contributed by atoms with E-state index in [-0.39, 0.29) is 12.2 Å². The van der Waals surface area contributed by atoms with E-state index in [1.54, 1.807) is 16.9 Å². The fourth-order valence-corrected chi connectivity index (χ4v) is 3.83. The molecular formula is C26H20N6O. The SMILES string of the molecule is Cc1ccc(-c2ccc3c(C(=O)Cc4cnn(Cc5cccc(C#N)c5)c4)n[nH]c3c2)cn1. The van der Waals surface area contributed by atoms with E-state index in [1.807, 2.05) is 67.8 Å². The lowest BCUT2D eigenvalue weighted by Crippen LogP contribution is -2.04. The number of H-pyrrole nitrogens is 1. The molecule has 160 valence electrons. The number of aromatic nitrogens is 5. The number of hydrogen-bond acceptors (Lipinski definition) is 5. The number of carbonyl (C=O) groups is 1. The Morgan fingerprint density at radius 1 is 1.06 bits per heavy atom. The van der Waals surface area contributed by atoms with Crippen molar-refractivity contribution in [2.45, 2.75) is 19.9 Å². The normalized spacial score (nSPS) is 10.9. The third-order valence-corrected chi connectivity index (χ3v) is 5.52. The van der Waals surface area contributed by atoms with E-state index >= 15 is 0 Å². The predicted octanol–water partition coefficient (Wildman–Crippen LogP) is 4.48. The Balaban J connectivity index is 1.32. The molecule has 0 atom stereocenters. The average Bonchev–Trinajstić information content (AvgIpc) is 3.46. The van der Waals surface area contributed by atoms with Crippen molar-refractivity contribution in [2.24, 2.45) is 0 Å². The molecule has 1 N–H and O–H groups in total. The molecule has 3 heterocycles. The first-order chi connectivity index (χ1) is 16.1. The maximum atomic E-state index is 13.0. The summed E-state index contributed by atoms with van der Waals surface area (Å²) in [5.41, 5.74) is 6.63.